The van der Waals surface area contributed by atoms with Gasteiger partial charge in [0.05, 0.1) is 17.8 Å². The lowest BCUT2D eigenvalue weighted by atomic mass is 10.0. The maximum absolute atomic E-state index is 13.7. The molecule has 0 radical (unpaired) electrons. The highest BCUT2D eigenvalue weighted by Gasteiger charge is 2.40. The number of piperidine rings is 2. The van der Waals surface area contributed by atoms with Gasteiger partial charge in [-0.1, -0.05) is 48.5 Å². The largest absolute Gasteiger partial charge is 0.457 e. The number of para-hydroxylation sites is 1. The van der Waals surface area contributed by atoms with Gasteiger partial charge >= 0.3 is 0 Å². The number of carbonyl (C=O) groups is 4. The van der Waals surface area contributed by atoms with Crippen molar-refractivity contribution in [2.24, 2.45) is 0 Å². The molecule has 0 bridgehead atoms. The number of ether oxygens (including phenoxy) is 1. The van der Waals surface area contributed by atoms with E-state index >= 15 is 0 Å². The van der Waals surface area contributed by atoms with Gasteiger partial charge in [0, 0.05) is 47.8 Å². The molecule has 1 unspecified atom stereocenters. The number of hydrogen-bond acceptors (Lipinski definition) is 10. The fraction of sp³-hybridized carbons (Fsp3) is 0.250. The Labute approximate surface area is 338 Å². The highest BCUT2D eigenvalue weighted by Crippen LogP contribution is 2.37. The first kappa shape index (κ1) is 37.1. The van der Waals surface area contributed by atoms with Crippen LogP contribution in [0, 0.1) is 0 Å². The first-order chi connectivity index (χ1) is 28.3. The summed E-state index contributed by atoms with van der Waals surface area (Å²) in [5.41, 5.74) is 12.1. The second-order valence-corrected chi connectivity index (χ2v) is 15.8. The van der Waals surface area contributed by atoms with E-state index in [2.05, 4.69) is 15.3 Å². The first-order valence-corrected chi connectivity index (χ1v) is 20.3. The van der Waals surface area contributed by atoms with Crippen LogP contribution in [0.2, 0.25) is 0 Å². The summed E-state index contributed by atoms with van der Waals surface area (Å²) < 4.78 is 7.90. The minimum atomic E-state index is -0.649. The van der Waals surface area contributed by atoms with Crippen LogP contribution in [0.5, 0.6) is 11.5 Å². The number of benzene rings is 4. The molecule has 2 saturated heterocycles. The molecule has 13 nitrogen and oxygen atoms in total. The molecule has 14 heteroatoms. The number of hydrogen-bond donors (Lipinski definition) is 2. The van der Waals surface area contributed by atoms with Gasteiger partial charge < -0.3 is 20.3 Å². The van der Waals surface area contributed by atoms with Crippen molar-refractivity contribution in [3.63, 3.8) is 0 Å². The predicted octanol–water partition coefficient (Wildman–Crippen LogP) is 6.33. The van der Waals surface area contributed by atoms with Crippen molar-refractivity contribution in [2.45, 2.75) is 61.4 Å². The molecular weight excluding hydrogens is 753 g/mol. The molecule has 4 amide bonds. The summed E-state index contributed by atoms with van der Waals surface area (Å²) in [5.74, 6) is 1.62. The smallest absolute Gasteiger partial charge is 0.255 e. The van der Waals surface area contributed by atoms with Crippen molar-refractivity contribution < 1.29 is 23.9 Å². The summed E-state index contributed by atoms with van der Waals surface area (Å²) in [5, 5.41) is 8.09. The third-order valence-corrected chi connectivity index (χ3v) is 12.2. The summed E-state index contributed by atoms with van der Waals surface area (Å²) in [6.07, 6.45) is 3.95. The van der Waals surface area contributed by atoms with E-state index in [0.29, 0.717) is 65.7 Å². The van der Waals surface area contributed by atoms with Crippen LogP contribution in [0.25, 0.3) is 22.3 Å². The molecule has 3 aliphatic rings. The fourth-order valence-electron chi connectivity index (χ4n) is 8.03. The molecule has 5 heterocycles. The molecular formula is C44H40N8O5S. The van der Waals surface area contributed by atoms with Gasteiger partial charge in [0.25, 0.3) is 5.91 Å². The van der Waals surface area contributed by atoms with Crippen molar-refractivity contribution in [1.29, 1.82) is 0 Å². The second-order valence-electron chi connectivity index (χ2n) is 14.8. The zero-order chi connectivity index (χ0) is 39.8. The number of fused-ring (bicyclic) bond motifs is 2. The Kier molecular flexibility index (Phi) is 10.1. The molecule has 58 heavy (non-hydrogen) atoms. The molecule has 6 aromatic rings. The van der Waals surface area contributed by atoms with Crippen LogP contribution in [0.4, 0.5) is 5.82 Å². The molecule has 9 rings (SSSR count). The van der Waals surface area contributed by atoms with Gasteiger partial charge in [0.1, 0.15) is 35.4 Å². The fourth-order valence-corrected chi connectivity index (χ4v) is 9.07. The lowest BCUT2D eigenvalue weighted by Crippen LogP contribution is -2.52. The molecule has 2 aromatic heterocycles. The van der Waals surface area contributed by atoms with Crippen LogP contribution in [-0.2, 0) is 33.1 Å². The Morgan fingerprint density at radius 1 is 0.879 bits per heavy atom. The van der Waals surface area contributed by atoms with Crippen molar-refractivity contribution in [2.75, 3.05) is 18.8 Å². The molecule has 0 spiro atoms. The number of imide groups is 1. The third-order valence-electron chi connectivity index (χ3n) is 11.0. The van der Waals surface area contributed by atoms with Gasteiger partial charge in [0.2, 0.25) is 17.7 Å². The van der Waals surface area contributed by atoms with E-state index in [1.165, 1.54) is 6.33 Å². The number of anilines is 1. The number of nitrogens with one attached hydrogen (secondary N) is 1. The summed E-state index contributed by atoms with van der Waals surface area (Å²) in [6.45, 7) is 1.50. The Morgan fingerprint density at radius 2 is 1.66 bits per heavy atom. The first-order valence-electron chi connectivity index (χ1n) is 19.4. The number of amides is 4. The van der Waals surface area contributed by atoms with E-state index in [-0.39, 0.29) is 36.6 Å². The molecule has 2 fully saturated rings. The minimum Gasteiger partial charge on any atom is -0.457 e. The van der Waals surface area contributed by atoms with E-state index in [1.54, 1.807) is 22.7 Å². The van der Waals surface area contributed by atoms with E-state index < -0.39 is 11.9 Å². The molecule has 0 saturated carbocycles. The molecule has 0 aliphatic carbocycles. The number of nitrogens with zero attached hydrogens (tertiary/aromatic N) is 6. The zero-order valence-electron chi connectivity index (χ0n) is 31.5. The van der Waals surface area contributed by atoms with Crippen LogP contribution in [0.1, 0.15) is 58.8 Å². The van der Waals surface area contributed by atoms with Crippen LogP contribution >= 0.6 is 11.8 Å². The molecule has 292 valence electrons. The van der Waals surface area contributed by atoms with Gasteiger partial charge in [-0.25, -0.2) is 14.6 Å². The highest BCUT2D eigenvalue weighted by molar-refractivity contribution is 7.98. The number of likely N-dealkylation sites (tertiary alicyclic amines) is 1. The van der Waals surface area contributed by atoms with Gasteiger partial charge in [-0.3, -0.25) is 24.5 Å². The second kappa shape index (κ2) is 15.8. The van der Waals surface area contributed by atoms with Gasteiger partial charge in [0.15, 0.2) is 5.65 Å². The number of rotatable bonds is 10. The average molecular weight is 793 g/mol. The highest BCUT2D eigenvalue weighted by atomic mass is 32.2. The van der Waals surface area contributed by atoms with Crippen molar-refractivity contribution in [3.8, 4) is 22.8 Å². The summed E-state index contributed by atoms with van der Waals surface area (Å²) in [4.78, 5) is 64.5. The van der Waals surface area contributed by atoms with Crippen LogP contribution < -0.4 is 15.8 Å². The lowest BCUT2D eigenvalue weighted by Gasteiger charge is -2.33. The standard InChI is InChI=1S/C44H40N8O5S/c45-41-39-40(29-15-17-32(18-16-29)57-31-7-2-1-3-8-31)49-52(42(39)47-26-46-41)30-6-5-21-50(23-30)38(54)22-27-11-13-28(14-12-27)25-58-36-10-4-9-33-34(36)24-51(44(33)56)35-19-20-37(53)48-43(35)55/h1-4,7-18,26,30,35H,5-6,19-25H2,(H2,45,46,47)(H,48,53,55)/t30-,35?/m1/s1. The lowest BCUT2D eigenvalue weighted by molar-refractivity contribution is -0.137. The van der Waals surface area contributed by atoms with Gasteiger partial charge in [-0.2, -0.15) is 5.10 Å². The number of nitrogens with two attached hydrogens (primary N) is 1. The van der Waals surface area contributed by atoms with Gasteiger partial charge in [-0.15, -0.1) is 11.8 Å². The Balaban J connectivity index is 0.840. The van der Waals surface area contributed by atoms with Crippen LogP contribution in [0.3, 0.4) is 0 Å². The van der Waals surface area contributed by atoms with Crippen molar-refractivity contribution in [1.82, 2.24) is 34.9 Å². The third kappa shape index (κ3) is 7.38. The van der Waals surface area contributed by atoms with Crippen LogP contribution in [-0.4, -0.2) is 72.3 Å². The van der Waals surface area contributed by atoms with E-state index in [1.807, 2.05) is 101 Å². The van der Waals surface area contributed by atoms with E-state index in [0.717, 1.165) is 45.7 Å². The minimum absolute atomic E-state index is 0.0525. The number of nitrogen functional groups attached to an aromatic ring is 1. The normalized spacial score (nSPS) is 18.0. The topological polar surface area (TPSA) is 166 Å². The monoisotopic (exact) mass is 792 g/mol. The quantitative estimate of drug-likeness (QED) is 0.118. The molecule has 3 aliphatic heterocycles. The zero-order valence-corrected chi connectivity index (χ0v) is 32.4. The SMILES string of the molecule is Nc1ncnc2c1c(-c1ccc(Oc3ccccc3)cc1)nn2[C@@H]1CCCN(C(=O)Cc2ccc(CSc3cccc4c3CN(C3CCC(=O)NC3=O)C4=O)cc2)C1. The number of aromatic nitrogens is 4. The number of carbonyl (C=O) groups excluding carboxylic acids is 4. The Hall–Kier alpha value is -6.54. The summed E-state index contributed by atoms with van der Waals surface area (Å²) in [6, 6.07) is 30.3. The van der Waals surface area contributed by atoms with Gasteiger partial charge in [-0.05, 0) is 84.5 Å². The predicted molar refractivity (Wildman–Crippen MR) is 219 cm³/mol. The maximum Gasteiger partial charge on any atom is 0.255 e. The van der Waals surface area contributed by atoms with Crippen molar-refractivity contribution >= 4 is 52.2 Å². The number of thioether (sulfide) groups is 1. The Bertz CT molecular complexity index is 2540. The van der Waals surface area contributed by atoms with E-state index in [9.17, 15) is 19.2 Å². The van der Waals surface area contributed by atoms with Crippen molar-refractivity contribution in [3.05, 3.63) is 126 Å². The van der Waals surface area contributed by atoms with E-state index in [4.69, 9.17) is 15.6 Å². The maximum atomic E-state index is 13.7. The average Bonchev–Trinajstić information content (AvgIpc) is 3.80. The molecule has 3 N–H and O–H groups in total. The Morgan fingerprint density at radius 3 is 2.45 bits per heavy atom. The summed E-state index contributed by atoms with van der Waals surface area (Å²) in [7, 11) is 0. The van der Waals surface area contributed by atoms with Crippen LogP contribution in [0.15, 0.2) is 108 Å². The molecule has 2 atom stereocenters. The molecule has 4 aromatic carbocycles. The summed E-state index contributed by atoms with van der Waals surface area (Å²) >= 11 is 1.63.